The third kappa shape index (κ3) is 1.25. The van der Waals surface area contributed by atoms with Crippen molar-refractivity contribution in [1.29, 1.82) is 0 Å². The predicted octanol–water partition coefficient (Wildman–Crippen LogP) is 1.47. The molecule has 0 amide bonds. The average Bonchev–Trinajstić information content (AvgIpc) is 2.57. The van der Waals surface area contributed by atoms with Crippen molar-refractivity contribution in [2.75, 3.05) is 5.73 Å². The van der Waals surface area contributed by atoms with E-state index in [0.717, 1.165) is 11.3 Å². The fraction of sp³-hybridized carbons (Fsp3) is 0.200. The van der Waals surface area contributed by atoms with E-state index in [2.05, 4.69) is 10.1 Å². The third-order valence-electron chi connectivity index (χ3n) is 2.22. The molecule has 2 rings (SSSR count). The van der Waals surface area contributed by atoms with Crippen LogP contribution in [-0.4, -0.2) is 14.8 Å². The van der Waals surface area contributed by atoms with Gasteiger partial charge in [-0.15, -0.1) is 0 Å². The normalized spacial score (nSPS) is 10.4. The Labute approximate surface area is 82.4 Å². The molecule has 0 aliphatic heterocycles. The van der Waals surface area contributed by atoms with Crippen molar-refractivity contribution in [1.82, 2.24) is 14.8 Å². The Morgan fingerprint density at radius 2 is 2.00 bits per heavy atom. The van der Waals surface area contributed by atoms with Gasteiger partial charge in [-0.2, -0.15) is 5.10 Å². The second-order valence-electron chi connectivity index (χ2n) is 3.25. The molecule has 0 saturated heterocycles. The van der Waals surface area contributed by atoms with Crippen LogP contribution in [0.15, 0.2) is 24.5 Å². The number of nitrogen functional groups attached to an aromatic ring is 1. The van der Waals surface area contributed by atoms with Crippen molar-refractivity contribution in [3.05, 3.63) is 35.8 Å². The van der Waals surface area contributed by atoms with Crippen LogP contribution in [0.4, 0.5) is 5.69 Å². The van der Waals surface area contributed by atoms with Crippen molar-refractivity contribution in [3.8, 4) is 5.82 Å². The Morgan fingerprint density at radius 3 is 2.64 bits per heavy atom. The molecular weight excluding hydrogens is 176 g/mol. The number of hydrogen-bond donors (Lipinski definition) is 1. The summed E-state index contributed by atoms with van der Waals surface area (Å²) in [5.41, 5.74) is 8.64. The highest BCUT2D eigenvalue weighted by Gasteiger charge is 2.07. The first-order valence-electron chi connectivity index (χ1n) is 4.42. The van der Waals surface area contributed by atoms with E-state index in [-0.39, 0.29) is 0 Å². The van der Waals surface area contributed by atoms with Gasteiger partial charge in [0.15, 0.2) is 5.82 Å². The van der Waals surface area contributed by atoms with E-state index in [4.69, 9.17) is 5.73 Å². The Kier molecular flexibility index (Phi) is 1.96. The largest absolute Gasteiger partial charge is 0.395 e. The van der Waals surface area contributed by atoms with Gasteiger partial charge in [0, 0.05) is 18.1 Å². The molecule has 4 nitrogen and oxygen atoms in total. The van der Waals surface area contributed by atoms with Gasteiger partial charge >= 0.3 is 0 Å². The number of aromatic nitrogens is 3. The van der Waals surface area contributed by atoms with E-state index < -0.39 is 0 Å². The summed E-state index contributed by atoms with van der Waals surface area (Å²) in [6.45, 7) is 3.93. The Morgan fingerprint density at radius 1 is 1.21 bits per heavy atom. The number of pyridine rings is 1. The van der Waals surface area contributed by atoms with Gasteiger partial charge in [0.1, 0.15) is 0 Å². The lowest BCUT2D eigenvalue weighted by atomic mass is 10.2. The van der Waals surface area contributed by atoms with E-state index in [0.29, 0.717) is 11.5 Å². The molecule has 2 aromatic heterocycles. The molecule has 0 aliphatic rings. The van der Waals surface area contributed by atoms with Crippen molar-refractivity contribution in [2.24, 2.45) is 0 Å². The summed E-state index contributed by atoms with van der Waals surface area (Å²) >= 11 is 0. The van der Waals surface area contributed by atoms with Gasteiger partial charge in [-0.25, -0.2) is 9.67 Å². The standard InChI is InChI=1S/C10H12N4/c1-7-3-5-12-10(9(7)11)14-8(2)4-6-13-14/h3-6H,11H2,1-2H3. The Balaban J connectivity index is 2.63. The summed E-state index contributed by atoms with van der Waals surface area (Å²) in [5.74, 6) is 0.701. The van der Waals surface area contributed by atoms with Gasteiger partial charge in [-0.05, 0) is 31.5 Å². The molecule has 0 radical (unpaired) electrons. The van der Waals surface area contributed by atoms with Crippen LogP contribution in [0.1, 0.15) is 11.3 Å². The molecule has 14 heavy (non-hydrogen) atoms. The second kappa shape index (κ2) is 3.14. The van der Waals surface area contributed by atoms with E-state index in [1.807, 2.05) is 26.0 Å². The number of aryl methyl sites for hydroxylation is 2. The molecule has 0 unspecified atom stereocenters. The van der Waals surface area contributed by atoms with Crippen molar-refractivity contribution in [2.45, 2.75) is 13.8 Å². The molecule has 2 N–H and O–H groups in total. The molecule has 0 spiro atoms. The minimum atomic E-state index is 0.680. The third-order valence-corrected chi connectivity index (χ3v) is 2.22. The van der Waals surface area contributed by atoms with Crippen LogP contribution in [-0.2, 0) is 0 Å². The maximum Gasteiger partial charge on any atom is 0.177 e. The Bertz CT molecular complexity index is 459. The van der Waals surface area contributed by atoms with E-state index in [1.54, 1.807) is 17.1 Å². The number of nitrogens with zero attached hydrogens (tertiary/aromatic N) is 3. The molecular formula is C10H12N4. The zero-order chi connectivity index (χ0) is 10.1. The first kappa shape index (κ1) is 8.74. The highest BCUT2D eigenvalue weighted by Crippen LogP contribution is 2.18. The first-order chi connectivity index (χ1) is 6.70. The van der Waals surface area contributed by atoms with Crippen LogP contribution in [0.25, 0.3) is 5.82 Å². The molecule has 72 valence electrons. The van der Waals surface area contributed by atoms with Crippen molar-refractivity contribution >= 4 is 5.69 Å². The van der Waals surface area contributed by atoms with Gasteiger partial charge in [0.25, 0.3) is 0 Å². The maximum atomic E-state index is 5.92. The zero-order valence-electron chi connectivity index (χ0n) is 8.23. The highest BCUT2D eigenvalue weighted by molar-refractivity contribution is 5.58. The summed E-state index contributed by atoms with van der Waals surface area (Å²) in [7, 11) is 0. The van der Waals surface area contributed by atoms with Gasteiger partial charge in [0.05, 0.1) is 5.69 Å². The summed E-state index contributed by atoms with van der Waals surface area (Å²) in [5, 5.41) is 4.16. The number of nitrogens with two attached hydrogens (primary N) is 1. The summed E-state index contributed by atoms with van der Waals surface area (Å²) in [6.07, 6.45) is 3.47. The van der Waals surface area contributed by atoms with Crippen LogP contribution < -0.4 is 5.73 Å². The maximum absolute atomic E-state index is 5.92. The lowest BCUT2D eigenvalue weighted by Crippen LogP contribution is -2.06. The fourth-order valence-electron chi connectivity index (χ4n) is 1.32. The van der Waals surface area contributed by atoms with Crippen molar-refractivity contribution in [3.63, 3.8) is 0 Å². The molecule has 0 aliphatic carbocycles. The van der Waals surface area contributed by atoms with E-state index in [1.165, 1.54) is 0 Å². The summed E-state index contributed by atoms with van der Waals surface area (Å²) in [4.78, 5) is 4.22. The lowest BCUT2D eigenvalue weighted by molar-refractivity contribution is 0.819. The number of hydrogen-bond acceptors (Lipinski definition) is 3. The van der Waals surface area contributed by atoms with Crippen LogP contribution >= 0.6 is 0 Å². The SMILES string of the molecule is Cc1ccnc(-n2nccc2C)c1N. The molecule has 0 saturated carbocycles. The second-order valence-corrected chi connectivity index (χ2v) is 3.25. The fourth-order valence-corrected chi connectivity index (χ4v) is 1.32. The molecule has 0 atom stereocenters. The molecule has 4 heteroatoms. The molecule has 2 heterocycles. The van der Waals surface area contributed by atoms with Gasteiger partial charge in [-0.3, -0.25) is 0 Å². The quantitative estimate of drug-likeness (QED) is 0.737. The zero-order valence-corrected chi connectivity index (χ0v) is 8.23. The van der Waals surface area contributed by atoms with Crippen LogP contribution in [0.2, 0.25) is 0 Å². The van der Waals surface area contributed by atoms with Crippen LogP contribution in [0.5, 0.6) is 0 Å². The minimum absolute atomic E-state index is 0.680. The molecule has 0 aromatic carbocycles. The van der Waals surface area contributed by atoms with Gasteiger partial charge < -0.3 is 5.73 Å². The smallest absolute Gasteiger partial charge is 0.177 e. The van der Waals surface area contributed by atoms with Crippen molar-refractivity contribution < 1.29 is 0 Å². The number of anilines is 1. The summed E-state index contributed by atoms with van der Waals surface area (Å²) in [6, 6.07) is 3.81. The topological polar surface area (TPSA) is 56.7 Å². The van der Waals surface area contributed by atoms with Crippen LogP contribution in [0.3, 0.4) is 0 Å². The molecule has 2 aromatic rings. The lowest BCUT2D eigenvalue weighted by Gasteiger charge is -2.08. The van der Waals surface area contributed by atoms with E-state index in [9.17, 15) is 0 Å². The van der Waals surface area contributed by atoms with Gasteiger partial charge in [-0.1, -0.05) is 0 Å². The molecule has 0 bridgehead atoms. The first-order valence-corrected chi connectivity index (χ1v) is 4.42. The van der Waals surface area contributed by atoms with Gasteiger partial charge in [0.2, 0.25) is 0 Å². The average molecular weight is 188 g/mol. The van der Waals surface area contributed by atoms with E-state index >= 15 is 0 Å². The van der Waals surface area contributed by atoms with Crippen LogP contribution in [0, 0.1) is 13.8 Å². The highest BCUT2D eigenvalue weighted by atomic mass is 15.3. The predicted molar refractivity (Wildman–Crippen MR) is 55.2 cm³/mol. The minimum Gasteiger partial charge on any atom is -0.395 e. The molecule has 0 fully saturated rings. The summed E-state index contributed by atoms with van der Waals surface area (Å²) < 4.78 is 1.74. The Hall–Kier alpha value is -1.84. The monoisotopic (exact) mass is 188 g/mol. The number of rotatable bonds is 1.